The first-order valence-electron chi connectivity index (χ1n) is 8.13. The molecule has 2 aromatic carbocycles. The van der Waals surface area contributed by atoms with Gasteiger partial charge in [0.15, 0.2) is 0 Å². The molecule has 24 heavy (non-hydrogen) atoms. The van der Waals surface area contributed by atoms with Crippen LogP contribution in [0.15, 0.2) is 85.2 Å². The number of amides is 1. The second-order valence-corrected chi connectivity index (χ2v) is 6.19. The molecule has 0 spiro atoms. The Bertz CT molecular complexity index is 792. The van der Waals surface area contributed by atoms with Gasteiger partial charge in [0.1, 0.15) is 0 Å². The maximum Gasteiger partial charge on any atom is 0.228 e. The Labute approximate surface area is 141 Å². The highest BCUT2D eigenvalue weighted by Gasteiger charge is 2.60. The fourth-order valence-electron chi connectivity index (χ4n) is 3.52. The summed E-state index contributed by atoms with van der Waals surface area (Å²) in [5.41, 5.74) is 2.91. The molecule has 118 valence electrons. The van der Waals surface area contributed by atoms with Gasteiger partial charge in [-0.15, -0.1) is 0 Å². The van der Waals surface area contributed by atoms with Crippen LogP contribution in [0, 0.1) is 5.92 Å². The molecule has 1 aliphatic rings. The van der Waals surface area contributed by atoms with Crippen LogP contribution in [0.2, 0.25) is 0 Å². The average Bonchev–Trinajstić information content (AvgIpc) is 3.41. The van der Waals surface area contributed by atoms with E-state index in [1.807, 2.05) is 48.5 Å². The molecule has 1 fully saturated rings. The van der Waals surface area contributed by atoms with E-state index >= 15 is 0 Å². The monoisotopic (exact) mass is 314 g/mol. The molecule has 3 nitrogen and oxygen atoms in total. The number of nitrogens with zero attached hydrogens (tertiary/aromatic N) is 1. The molecule has 0 saturated heterocycles. The smallest absolute Gasteiger partial charge is 0.228 e. The van der Waals surface area contributed by atoms with E-state index in [4.69, 9.17) is 0 Å². The van der Waals surface area contributed by atoms with Crippen LogP contribution in [0.4, 0.5) is 5.69 Å². The van der Waals surface area contributed by atoms with Crippen LogP contribution in [0.25, 0.3) is 0 Å². The van der Waals surface area contributed by atoms with Crippen molar-refractivity contribution in [1.29, 1.82) is 0 Å². The van der Waals surface area contributed by atoms with E-state index in [0.717, 1.165) is 12.1 Å². The Morgan fingerprint density at radius 2 is 1.54 bits per heavy atom. The molecule has 1 amide bonds. The summed E-state index contributed by atoms with van der Waals surface area (Å²) in [6, 6.07) is 24.3. The van der Waals surface area contributed by atoms with Crippen LogP contribution >= 0.6 is 0 Å². The molecule has 3 heteroatoms. The second-order valence-electron chi connectivity index (χ2n) is 6.19. The first-order chi connectivity index (χ1) is 11.8. The number of aromatic nitrogens is 1. The van der Waals surface area contributed by atoms with Gasteiger partial charge in [-0.25, -0.2) is 0 Å². The highest BCUT2D eigenvalue weighted by atomic mass is 16.2. The number of pyridine rings is 1. The van der Waals surface area contributed by atoms with Crippen molar-refractivity contribution in [2.45, 2.75) is 11.8 Å². The Morgan fingerprint density at radius 3 is 2.08 bits per heavy atom. The molecule has 4 rings (SSSR count). The van der Waals surface area contributed by atoms with Crippen LogP contribution < -0.4 is 5.32 Å². The van der Waals surface area contributed by atoms with Gasteiger partial charge in [-0.05, 0) is 29.7 Å². The third-order valence-corrected chi connectivity index (χ3v) is 4.78. The molecule has 1 aliphatic carbocycles. The molecule has 1 N–H and O–H groups in total. The second kappa shape index (κ2) is 5.93. The predicted molar refractivity (Wildman–Crippen MR) is 94.6 cm³/mol. The summed E-state index contributed by atoms with van der Waals surface area (Å²) >= 11 is 0. The minimum Gasteiger partial charge on any atom is -0.324 e. The highest BCUT2D eigenvalue weighted by Crippen LogP contribution is 2.59. The maximum absolute atomic E-state index is 12.8. The summed E-state index contributed by atoms with van der Waals surface area (Å²) in [6.07, 6.45) is 4.20. The first-order valence-corrected chi connectivity index (χ1v) is 8.13. The summed E-state index contributed by atoms with van der Waals surface area (Å²) in [5.74, 6) is -0.0155. The zero-order chi connectivity index (χ0) is 16.4. The van der Waals surface area contributed by atoms with E-state index in [9.17, 15) is 4.79 Å². The maximum atomic E-state index is 12.8. The number of benzene rings is 2. The van der Waals surface area contributed by atoms with E-state index in [1.54, 1.807) is 12.4 Å². The van der Waals surface area contributed by atoms with Crippen molar-refractivity contribution in [3.8, 4) is 0 Å². The summed E-state index contributed by atoms with van der Waals surface area (Å²) in [5, 5.41) is 3.00. The largest absolute Gasteiger partial charge is 0.324 e. The number of rotatable bonds is 4. The molecule has 0 bridgehead atoms. The number of nitrogens with one attached hydrogen (secondary N) is 1. The van der Waals surface area contributed by atoms with Gasteiger partial charge in [0.05, 0.1) is 17.8 Å². The van der Waals surface area contributed by atoms with Crippen LogP contribution in [-0.2, 0) is 10.2 Å². The lowest BCUT2D eigenvalue weighted by Gasteiger charge is -2.19. The molecule has 1 atom stereocenters. The number of carbonyl (C=O) groups excluding carboxylic acids is 1. The fraction of sp³-hybridized carbons (Fsp3) is 0.143. The predicted octanol–water partition coefficient (Wildman–Crippen LogP) is 4.03. The molecule has 1 aromatic heterocycles. The van der Waals surface area contributed by atoms with Gasteiger partial charge < -0.3 is 5.32 Å². The SMILES string of the molecule is O=C(Nc1cccnc1)[C@@H]1CC1(c1ccccc1)c1ccccc1. The Morgan fingerprint density at radius 1 is 0.917 bits per heavy atom. The summed E-state index contributed by atoms with van der Waals surface area (Å²) in [7, 11) is 0. The van der Waals surface area contributed by atoms with Crippen LogP contribution in [0.1, 0.15) is 17.5 Å². The number of carbonyl (C=O) groups is 1. The topological polar surface area (TPSA) is 42.0 Å². The number of anilines is 1. The minimum atomic E-state index is -0.227. The van der Waals surface area contributed by atoms with E-state index in [1.165, 1.54) is 11.1 Å². The van der Waals surface area contributed by atoms with Crippen molar-refractivity contribution < 1.29 is 4.79 Å². The number of hydrogen-bond donors (Lipinski definition) is 1. The van der Waals surface area contributed by atoms with Gasteiger partial charge >= 0.3 is 0 Å². The molecule has 1 heterocycles. The number of hydrogen-bond acceptors (Lipinski definition) is 2. The van der Waals surface area contributed by atoms with E-state index < -0.39 is 0 Å². The van der Waals surface area contributed by atoms with E-state index in [2.05, 4.69) is 34.6 Å². The highest BCUT2D eigenvalue weighted by molar-refractivity contribution is 5.96. The Hall–Kier alpha value is -2.94. The van der Waals surface area contributed by atoms with Crippen LogP contribution in [0.5, 0.6) is 0 Å². The van der Waals surface area contributed by atoms with Gasteiger partial charge in [-0.2, -0.15) is 0 Å². The average molecular weight is 314 g/mol. The third kappa shape index (κ3) is 2.48. The van der Waals surface area contributed by atoms with Crippen molar-refractivity contribution in [3.05, 3.63) is 96.3 Å². The van der Waals surface area contributed by atoms with Gasteiger partial charge in [-0.3, -0.25) is 9.78 Å². The normalized spacial score (nSPS) is 17.9. The lowest BCUT2D eigenvalue weighted by molar-refractivity contribution is -0.117. The van der Waals surface area contributed by atoms with Crippen LogP contribution in [0.3, 0.4) is 0 Å². The molecule has 0 aliphatic heterocycles. The summed E-state index contributed by atoms with van der Waals surface area (Å²) in [6.45, 7) is 0. The lowest BCUT2D eigenvalue weighted by atomic mass is 9.85. The molecule has 1 saturated carbocycles. The first kappa shape index (κ1) is 14.6. The van der Waals surface area contributed by atoms with Crippen molar-refractivity contribution in [2.75, 3.05) is 5.32 Å². The van der Waals surface area contributed by atoms with E-state index in [-0.39, 0.29) is 17.2 Å². The van der Waals surface area contributed by atoms with E-state index in [0.29, 0.717) is 0 Å². The molecule has 0 unspecified atom stereocenters. The zero-order valence-corrected chi connectivity index (χ0v) is 13.2. The van der Waals surface area contributed by atoms with Gasteiger partial charge in [-0.1, -0.05) is 60.7 Å². The zero-order valence-electron chi connectivity index (χ0n) is 13.2. The lowest BCUT2D eigenvalue weighted by Crippen LogP contribution is -2.22. The van der Waals surface area contributed by atoms with Gasteiger partial charge in [0, 0.05) is 11.6 Å². The Kier molecular flexibility index (Phi) is 3.62. The molecule has 0 radical (unpaired) electrons. The van der Waals surface area contributed by atoms with Crippen molar-refractivity contribution >= 4 is 11.6 Å². The Balaban J connectivity index is 1.66. The molecular formula is C21H18N2O. The van der Waals surface area contributed by atoms with Crippen molar-refractivity contribution in [2.24, 2.45) is 5.92 Å². The van der Waals surface area contributed by atoms with Crippen molar-refractivity contribution in [1.82, 2.24) is 4.98 Å². The molecule has 3 aromatic rings. The van der Waals surface area contributed by atoms with Gasteiger partial charge in [0.2, 0.25) is 5.91 Å². The third-order valence-electron chi connectivity index (χ3n) is 4.78. The van der Waals surface area contributed by atoms with Crippen molar-refractivity contribution in [3.63, 3.8) is 0 Å². The van der Waals surface area contributed by atoms with Gasteiger partial charge in [0.25, 0.3) is 0 Å². The quantitative estimate of drug-likeness (QED) is 0.790. The standard InChI is InChI=1S/C21H18N2O/c24-20(23-18-12-7-13-22-15-18)19-14-21(19,16-8-3-1-4-9-16)17-10-5-2-6-11-17/h1-13,15,19H,14H2,(H,23,24)/t19-/m0/s1. The minimum absolute atomic E-state index is 0.0516. The fourth-order valence-corrected chi connectivity index (χ4v) is 3.52. The van der Waals surface area contributed by atoms with Crippen LogP contribution in [-0.4, -0.2) is 10.9 Å². The molecular weight excluding hydrogens is 296 g/mol. The summed E-state index contributed by atoms with van der Waals surface area (Å²) < 4.78 is 0. The summed E-state index contributed by atoms with van der Waals surface area (Å²) in [4.78, 5) is 16.9.